The van der Waals surface area contributed by atoms with E-state index in [0.717, 1.165) is 6.07 Å². The third-order valence-electron chi connectivity index (χ3n) is 3.91. The molecule has 1 aromatic rings. The van der Waals surface area contributed by atoms with Crippen molar-refractivity contribution in [2.45, 2.75) is 25.9 Å². The number of halogens is 2. The van der Waals surface area contributed by atoms with Crippen LogP contribution in [-0.4, -0.2) is 38.1 Å². The maximum atomic E-state index is 13.6. The van der Waals surface area contributed by atoms with E-state index in [1.165, 1.54) is 22.7 Å². The molecule has 0 radical (unpaired) electrons. The van der Waals surface area contributed by atoms with Gasteiger partial charge >= 0.3 is 0 Å². The SMILES string of the molecule is C[C@H]1CN(S(C)(=O)=O)CC[C@H]1NCc1ccc(F)cc1F. The molecule has 21 heavy (non-hydrogen) atoms. The van der Waals surface area contributed by atoms with E-state index in [0.29, 0.717) is 31.6 Å². The molecule has 0 bridgehead atoms. The summed E-state index contributed by atoms with van der Waals surface area (Å²) in [6, 6.07) is 3.64. The van der Waals surface area contributed by atoms with E-state index in [4.69, 9.17) is 0 Å². The first kappa shape index (κ1) is 16.3. The molecule has 1 N–H and O–H groups in total. The van der Waals surface area contributed by atoms with Gasteiger partial charge in [0.15, 0.2) is 0 Å². The van der Waals surface area contributed by atoms with Crippen molar-refractivity contribution >= 4 is 10.0 Å². The van der Waals surface area contributed by atoms with Crippen LogP contribution in [-0.2, 0) is 16.6 Å². The summed E-state index contributed by atoms with van der Waals surface area (Å²) in [5, 5.41) is 3.24. The van der Waals surface area contributed by atoms with E-state index in [2.05, 4.69) is 5.32 Å². The molecule has 0 amide bonds. The summed E-state index contributed by atoms with van der Waals surface area (Å²) < 4.78 is 50.9. The Labute approximate surface area is 124 Å². The third kappa shape index (κ3) is 4.21. The van der Waals surface area contributed by atoms with Gasteiger partial charge in [-0.15, -0.1) is 0 Å². The Kier molecular flexibility index (Phi) is 4.95. The van der Waals surface area contributed by atoms with Gasteiger partial charge in [0.25, 0.3) is 0 Å². The van der Waals surface area contributed by atoms with E-state index in [1.54, 1.807) is 0 Å². The van der Waals surface area contributed by atoms with Gasteiger partial charge in [0, 0.05) is 37.3 Å². The number of piperidine rings is 1. The van der Waals surface area contributed by atoms with Crippen LogP contribution in [0.5, 0.6) is 0 Å². The number of nitrogens with one attached hydrogen (secondary N) is 1. The summed E-state index contributed by atoms with van der Waals surface area (Å²) in [5.74, 6) is -1.02. The lowest BCUT2D eigenvalue weighted by molar-refractivity contribution is 0.219. The number of benzene rings is 1. The van der Waals surface area contributed by atoms with E-state index in [9.17, 15) is 17.2 Å². The molecule has 2 rings (SSSR count). The Morgan fingerprint density at radius 2 is 2.10 bits per heavy atom. The smallest absolute Gasteiger partial charge is 0.211 e. The Morgan fingerprint density at radius 3 is 2.67 bits per heavy atom. The van der Waals surface area contributed by atoms with Gasteiger partial charge in [0.05, 0.1) is 6.26 Å². The van der Waals surface area contributed by atoms with Crippen LogP contribution in [0.1, 0.15) is 18.9 Å². The summed E-state index contributed by atoms with van der Waals surface area (Å²) in [5.41, 5.74) is 0.411. The second-order valence-corrected chi connectivity index (χ2v) is 7.59. The molecule has 7 heteroatoms. The topological polar surface area (TPSA) is 49.4 Å². The molecule has 1 aliphatic heterocycles. The van der Waals surface area contributed by atoms with Crippen LogP contribution in [0.2, 0.25) is 0 Å². The molecule has 0 aromatic heterocycles. The molecule has 1 aromatic carbocycles. The van der Waals surface area contributed by atoms with E-state index in [-0.39, 0.29) is 12.0 Å². The largest absolute Gasteiger partial charge is 0.309 e. The molecule has 1 saturated heterocycles. The minimum absolute atomic E-state index is 0.118. The van der Waals surface area contributed by atoms with Crippen LogP contribution in [0.25, 0.3) is 0 Å². The number of sulfonamides is 1. The van der Waals surface area contributed by atoms with Crippen molar-refractivity contribution in [2.24, 2.45) is 5.92 Å². The second kappa shape index (κ2) is 6.37. The maximum absolute atomic E-state index is 13.6. The second-order valence-electron chi connectivity index (χ2n) is 5.61. The zero-order valence-electron chi connectivity index (χ0n) is 12.1. The molecule has 0 aliphatic carbocycles. The highest BCUT2D eigenvalue weighted by atomic mass is 32.2. The average molecular weight is 318 g/mol. The molecule has 1 heterocycles. The van der Waals surface area contributed by atoms with Crippen molar-refractivity contribution in [3.63, 3.8) is 0 Å². The van der Waals surface area contributed by atoms with Gasteiger partial charge < -0.3 is 5.32 Å². The lowest BCUT2D eigenvalue weighted by Gasteiger charge is -2.36. The number of hydrogen-bond acceptors (Lipinski definition) is 3. The molecule has 2 atom stereocenters. The fraction of sp³-hybridized carbons (Fsp3) is 0.571. The van der Waals surface area contributed by atoms with Crippen LogP contribution in [0.15, 0.2) is 18.2 Å². The van der Waals surface area contributed by atoms with E-state index < -0.39 is 21.7 Å². The highest BCUT2D eigenvalue weighted by molar-refractivity contribution is 7.88. The number of hydrogen-bond donors (Lipinski definition) is 1. The predicted molar refractivity (Wildman–Crippen MR) is 77.2 cm³/mol. The average Bonchev–Trinajstić information content (AvgIpc) is 2.38. The van der Waals surface area contributed by atoms with Gasteiger partial charge in [-0.2, -0.15) is 0 Å². The Morgan fingerprint density at radius 1 is 1.38 bits per heavy atom. The van der Waals surface area contributed by atoms with Gasteiger partial charge in [0.2, 0.25) is 10.0 Å². The summed E-state index contributed by atoms with van der Waals surface area (Å²) in [7, 11) is -3.16. The van der Waals surface area contributed by atoms with Gasteiger partial charge in [0.1, 0.15) is 11.6 Å². The zero-order chi connectivity index (χ0) is 15.6. The molecule has 0 unspecified atom stereocenters. The van der Waals surface area contributed by atoms with Gasteiger partial charge in [-0.05, 0) is 18.4 Å². The maximum Gasteiger partial charge on any atom is 0.211 e. The van der Waals surface area contributed by atoms with Crippen LogP contribution < -0.4 is 5.32 Å². The normalized spacial score (nSPS) is 24.2. The summed E-state index contributed by atoms with van der Waals surface area (Å²) >= 11 is 0. The predicted octanol–water partition coefficient (Wildman–Crippen LogP) is 1.72. The first-order chi connectivity index (χ1) is 9.77. The molecule has 0 spiro atoms. The molecule has 1 aliphatic rings. The summed E-state index contributed by atoms with van der Waals surface area (Å²) in [6.07, 6.45) is 1.89. The van der Waals surface area contributed by atoms with Crippen LogP contribution in [0.4, 0.5) is 8.78 Å². The van der Waals surface area contributed by atoms with Crippen LogP contribution in [0.3, 0.4) is 0 Å². The first-order valence-electron chi connectivity index (χ1n) is 6.90. The lowest BCUT2D eigenvalue weighted by atomic mass is 9.95. The fourth-order valence-electron chi connectivity index (χ4n) is 2.62. The molecule has 118 valence electrons. The highest BCUT2D eigenvalue weighted by Gasteiger charge is 2.30. The molecule has 0 saturated carbocycles. The molecular weight excluding hydrogens is 298 g/mol. The molecule has 1 fully saturated rings. The quantitative estimate of drug-likeness (QED) is 0.920. The van der Waals surface area contributed by atoms with Crippen molar-refractivity contribution in [3.05, 3.63) is 35.4 Å². The Balaban J connectivity index is 1.93. The Bertz CT molecular complexity index is 607. The highest BCUT2D eigenvalue weighted by Crippen LogP contribution is 2.20. The van der Waals surface area contributed by atoms with Crippen molar-refractivity contribution in [2.75, 3.05) is 19.3 Å². The van der Waals surface area contributed by atoms with Gasteiger partial charge in [-0.1, -0.05) is 13.0 Å². The standard InChI is InChI=1S/C14H20F2N2O2S/c1-10-9-18(21(2,19)20)6-5-14(10)17-8-11-3-4-12(15)7-13(11)16/h3-4,7,10,14,17H,5-6,8-9H2,1-2H3/t10-,14+/m0/s1. The third-order valence-corrected chi connectivity index (χ3v) is 5.18. The van der Waals surface area contributed by atoms with E-state index >= 15 is 0 Å². The van der Waals surface area contributed by atoms with Crippen LogP contribution >= 0.6 is 0 Å². The van der Waals surface area contributed by atoms with Crippen molar-refractivity contribution in [3.8, 4) is 0 Å². The van der Waals surface area contributed by atoms with Crippen LogP contribution in [0, 0.1) is 17.6 Å². The van der Waals surface area contributed by atoms with Gasteiger partial charge in [-0.3, -0.25) is 0 Å². The van der Waals surface area contributed by atoms with Crippen molar-refractivity contribution in [1.82, 2.24) is 9.62 Å². The lowest BCUT2D eigenvalue weighted by Crippen LogP contribution is -2.49. The number of rotatable bonds is 4. The number of nitrogens with zero attached hydrogens (tertiary/aromatic N) is 1. The Hall–Kier alpha value is -1.05. The zero-order valence-corrected chi connectivity index (χ0v) is 13.0. The molecule has 4 nitrogen and oxygen atoms in total. The van der Waals surface area contributed by atoms with Crippen molar-refractivity contribution < 1.29 is 17.2 Å². The fourth-order valence-corrected chi connectivity index (χ4v) is 3.56. The van der Waals surface area contributed by atoms with Gasteiger partial charge in [-0.25, -0.2) is 21.5 Å². The minimum Gasteiger partial charge on any atom is -0.309 e. The van der Waals surface area contributed by atoms with E-state index in [1.807, 2.05) is 6.92 Å². The summed E-state index contributed by atoms with van der Waals surface area (Å²) in [4.78, 5) is 0. The monoisotopic (exact) mass is 318 g/mol. The van der Waals surface area contributed by atoms with Crippen molar-refractivity contribution in [1.29, 1.82) is 0 Å². The molecular formula is C14H20F2N2O2S. The minimum atomic E-state index is -3.16. The summed E-state index contributed by atoms with van der Waals surface area (Å²) in [6.45, 7) is 3.20. The first-order valence-corrected chi connectivity index (χ1v) is 8.74.